The number of hydrogen-bond acceptors (Lipinski definition) is 6. The predicted octanol–water partition coefficient (Wildman–Crippen LogP) is 0.769. The Labute approximate surface area is 149 Å². The van der Waals surface area contributed by atoms with Crippen molar-refractivity contribution in [2.75, 3.05) is 6.61 Å². The minimum absolute atomic E-state index is 0.0835. The molecule has 0 heterocycles. The maximum atomic E-state index is 12.4. The van der Waals surface area contributed by atoms with Crippen molar-refractivity contribution in [3.63, 3.8) is 0 Å². The van der Waals surface area contributed by atoms with Gasteiger partial charge in [0.05, 0.1) is 10.6 Å². The van der Waals surface area contributed by atoms with E-state index in [2.05, 4.69) is 9.46 Å². The molecular formula is C14H18ClN3O6S. The van der Waals surface area contributed by atoms with Gasteiger partial charge in [-0.25, -0.2) is 22.7 Å². The van der Waals surface area contributed by atoms with E-state index in [0.29, 0.717) is 0 Å². The number of primary amides is 1. The summed E-state index contributed by atoms with van der Waals surface area (Å²) in [6, 6.07) is 2.41. The minimum Gasteiger partial charge on any atom is -0.452 e. The third-order valence-electron chi connectivity index (χ3n) is 2.49. The molecule has 0 saturated carbocycles. The van der Waals surface area contributed by atoms with E-state index >= 15 is 0 Å². The second-order valence-electron chi connectivity index (χ2n) is 5.99. The number of urea groups is 1. The molecule has 1 aromatic rings. The molecule has 0 aromatic heterocycles. The predicted molar refractivity (Wildman–Crippen MR) is 89.5 cm³/mol. The molecule has 0 spiro atoms. The van der Waals surface area contributed by atoms with Gasteiger partial charge in [-0.3, -0.25) is 10.1 Å². The van der Waals surface area contributed by atoms with Gasteiger partial charge in [-0.1, -0.05) is 11.6 Å². The van der Waals surface area contributed by atoms with Crippen LogP contribution in [0.2, 0.25) is 5.02 Å². The van der Waals surface area contributed by atoms with Crippen LogP contribution in [0.1, 0.15) is 31.1 Å². The van der Waals surface area contributed by atoms with E-state index in [-0.39, 0.29) is 15.5 Å². The molecule has 0 fully saturated rings. The summed E-state index contributed by atoms with van der Waals surface area (Å²) in [5.41, 5.74) is 3.85. The number of ether oxygens (including phenoxy) is 1. The average molecular weight is 392 g/mol. The maximum Gasteiger partial charge on any atom is 0.338 e. The van der Waals surface area contributed by atoms with Gasteiger partial charge in [-0.2, -0.15) is 0 Å². The zero-order chi connectivity index (χ0) is 19.4. The number of carbonyl (C=O) groups is 3. The van der Waals surface area contributed by atoms with Crippen molar-refractivity contribution in [3.05, 3.63) is 28.8 Å². The summed E-state index contributed by atoms with van der Waals surface area (Å²) in [7, 11) is -3.98. The van der Waals surface area contributed by atoms with Gasteiger partial charge >= 0.3 is 12.0 Å². The SMILES string of the molecule is CC(C)(C)NS(=O)(=O)c1cc(C(=O)OCC(=O)NC(N)=O)ccc1Cl. The lowest BCUT2D eigenvalue weighted by Crippen LogP contribution is -2.40. The summed E-state index contributed by atoms with van der Waals surface area (Å²) in [4.78, 5) is 33.3. The molecule has 0 radical (unpaired) electrons. The molecule has 0 unspecified atom stereocenters. The lowest BCUT2D eigenvalue weighted by molar-refractivity contribution is -0.123. The second-order valence-corrected chi connectivity index (χ2v) is 8.05. The zero-order valence-electron chi connectivity index (χ0n) is 13.8. The Hall–Kier alpha value is -2.17. The third-order valence-corrected chi connectivity index (χ3v) is 4.73. The van der Waals surface area contributed by atoms with Crippen molar-refractivity contribution in [2.24, 2.45) is 5.73 Å². The van der Waals surface area contributed by atoms with E-state index in [9.17, 15) is 22.8 Å². The fourth-order valence-corrected chi connectivity index (χ4v) is 3.63. The molecule has 0 bridgehead atoms. The summed E-state index contributed by atoms with van der Waals surface area (Å²) in [5, 5.41) is 1.63. The molecular weight excluding hydrogens is 374 g/mol. The fourth-order valence-electron chi connectivity index (χ4n) is 1.68. The van der Waals surface area contributed by atoms with Crippen LogP contribution in [0.3, 0.4) is 0 Å². The number of nitrogens with two attached hydrogens (primary N) is 1. The number of imide groups is 1. The maximum absolute atomic E-state index is 12.4. The molecule has 0 saturated heterocycles. The van der Waals surface area contributed by atoms with Gasteiger partial charge in [0, 0.05) is 5.54 Å². The number of hydrogen-bond donors (Lipinski definition) is 3. The van der Waals surface area contributed by atoms with E-state index in [4.69, 9.17) is 17.3 Å². The second kappa shape index (κ2) is 7.81. The largest absolute Gasteiger partial charge is 0.452 e. The Morgan fingerprint density at radius 1 is 1.24 bits per heavy atom. The summed E-state index contributed by atoms with van der Waals surface area (Å²) >= 11 is 5.91. The van der Waals surface area contributed by atoms with Gasteiger partial charge in [0.1, 0.15) is 4.90 Å². The van der Waals surface area contributed by atoms with Crippen molar-refractivity contribution in [1.29, 1.82) is 0 Å². The first kappa shape index (κ1) is 20.9. The lowest BCUT2D eigenvalue weighted by atomic mass is 10.1. The van der Waals surface area contributed by atoms with Crippen LogP contribution in [-0.4, -0.2) is 38.5 Å². The quantitative estimate of drug-likeness (QED) is 0.632. The molecule has 0 aliphatic rings. The molecule has 0 aliphatic carbocycles. The van der Waals surface area contributed by atoms with Crippen molar-refractivity contribution in [3.8, 4) is 0 Å². The Kier molecular flexibility index (Phi) is 6.52. The molecule has 0 atom stereocenters. The summed E-state index contributed by atoms with van der Waals surface area (Å²) in [6.07, 6.45) is 0. The molecule has 4 N–H and O–H groups in total. The van der Waals surface area contributed by atoms with E-state index < -0.39 is 40.1 Å². The summed E-state index contributed by atoms with van der Waals surface area (Å²) in [5.74, 6) is -1.89. The van der Waals surface area contributed by atoms with Crippen LogP contribution in [0, 0.1) is 0 Å². The summed E-state index contributed by atoms with van der Waals surface area (Å²) < 4.78 is 31.8. The highest BCUT2D eigenvalue weighted by Gasteiger charge is 2.25. The Bertz CT molecular complexity index is 801. The van der Waals surface area contributed by atoms with Crippen LogP contribution < -0.4 is 15.8 Å². The smallest absolute Gasteiger partial charge is 0.338 e. The van der Waals surface area contributed by atoms with Crippen LogP contribution in [0.25, 0.3) is 0 Å². The number of carbonyl (C=O) groups excluding carboxylic acids is 3. The van der Waals surface area contributed by atoms with Gasteiger partial charge in [0.25, 0.3) is 5.91 Å². The monoisotopic (exact) mass is 391 g/mol. The highest BCUT2D eigenvalue weighted by Crippen LogP contribution is 2.24. The van der Waals surface area contributed by atoms with Gasteiger partial charge in [0.15, 0.2) is 6.61 Å². The van der Waals surface area contributed by atoms with Crippen LogP contribution in [-0.2, 0) is 19.6 Å². The average Bonchev–Trinajstić information content (AvgIpc) is 2.41. The number of esters is 1. The topological polar surface area (TPSA) is 145 Å². The van der Waals surface area contributed by atoms with Crippen molar-refractivity contribution in [1.82, 2.24) is 10.0 Å². The van der Waals surface area contributed by atoms with Crippen molar-refractivity contribution in [2.45, 2.75) is 31.2 Å². The van der Waals surface area contributed by atoms with Crippen LogP contribution in [0.15, 0.2) is 23.1 Å². The molecule has 11 heteroatoms. The fraction of sp³-hybridized carbons (Fsp3) is 0.357. The molecule has 3 amide bonds. The first-order valence-corrected chi connectivity index (χ1v) is 8.78. The zero-order valence-corrected chi connectivity index (χ0v) is 15.3. The Balaban J connectivity index is 2.99. The highest BCUT2D eigenvalue weighted by molar-refractivity contribution is 7.89. The number of nitrogens with one attached hydrogen (secondary N) is 2. The van der Waals surface area contributed by atoms with Gasteiger partial charge in [-0.05, 0) is 39.0 Å². The van der Waals surface area contributed by atoms with Crippen molar-refractivity contribution >= 4 is 39.5 Å². The number of benzene rings is 1. The van der Waals surface area contributed by atoms with Gasteiger partial charge < -0.3 is 10.5 Å². The number of rotatable bonds is 5. The highest BCUT2D eigenvalue weighted by atomic mass is 35.5. The molecule has 9 nitrogen and oxygen atoms in total. The van der Waals surface area contributed by atoms with Crippen LogP contribution >= 0.6 is 11.6 Å². The Morgan fingerprint density at radius 3 is 2.36 bits per heavy atom. The normalized spacial score (nSPS) is 11.7. The number of halogens is 1. The first-order chi connectivity index (χ1) is 11.3. The van der Waals surface area contributed by atoms with Gasteiger partial charge in [0.2, 0.25) is 10.0 Å². The van der Waals surface area contributed by atoms with E-state index in [1.807, 2.05) is 0 Å². The Morgan fingerprint density at radius 2 is 1.84 bits per heavy atom. The van der Waals surface area contributed by atoms with E-state index in [0.717, 1.165) is 6.07 Å². The number of sulfonamides is 1. The minimum atomic E-state index is -3.98. The van der Waals surface area contributed by atoms with Crippen LogP contribution in [0.5, 0.6) is 0 Å². The van der Waals surface area contributed by atoms with Gasteiger partial charge in [-0.15, -0.1) is 0 Å². The van der Waals surface area contributed by atoms with E-state index in [1.54, 1.807) is 26.1 Å². The standard InChI is InChI=1S/C14H18ClN3O6S/c1-14(2,3)18-25(22,23)10-6-8(4-5-9(10)15)12(20)24-7-11(19)17-13(16)21/h4-6,18H,7H2,1-3H3,(H3,16,17,19,21). The third kappa shape index (κ3) is 6.69. The van der Waals surface area contributed by atoms with Crippen molar-refractivity contribution < 1.29 is 27.5 Å². The van der Waals surface area contributed by atoms with E-state index in [1.165, 1.54) is 12.1 Å². The molecule has 0 aliphatic heterocycles. The first-order valence-electron chi connectivity index (χ1n) is 6.92. The summed E-state index contributed by atoms with van der Waals surface area (Å²) in [6.45, 7) is 4.18. The molecule has 138 valence electrons. The lowest BCUT2D eigenvalue weighted by Gasteiger charge is -2.21. The molecule has 1 aromatic carbocycles. The molecule has 1 rings (SSSR count). The molecule has 25 heavy (non-hydrogen) atoms. The number of amides is 3. The van der Waals surface area contributed by atoms with Crippen LogP contribution in [0.4, 0.5) is 4.79 Å².